The lowest BCUT2D eigenvalue weighted by molar-refractivity contribution is 0.178. The molecule has 0 aromatic heterocycles. The molecule has 0 saturated carbocycles. The maximum absolute atomic E-state index is 13.2. The van der Waals surface area contributed by atoms with Crippen LogP contribution < -0.4 is 0 Å². The first-order valence-corrected chi connectivity index (χ1v) is 6.54. The lowest BCUT2D eigenvalue weighted by atomic mass is 10.00. The molecule has 0 aliphatic carbocycles. The zero-order chi connectivity index (χ0) is 13.1. The van der Waals surface area contributed by atoms with Gasteiger partial charge in [-0.25, -0.2) is 4.39 Å². The molecule has 0 bridgehead atoms. The summed E-state index contributed by atoms with van der Waals surface area (Å²) < 4.78 is 14.1. The van der Waals surface area contributed by atoms with Gasteiger partial charge in [-0.2, -0.15) is 0 Å². The number of benzene rings is 2. The van der Waals surface area contributed by atoms with Gasteiger partial charge in [0.05, 0.1) is 6.10 Å². The lowest BCUT2D eigenvalue weighted by Crippen LogP contribution is -2.02. The topological polar surface area (TPSA) is 20.2 Å². The maximum Gasteiger partial charge on any atom is 0.126 e. The monoisotopic (exact) mass is 308 g/mol. The number of aliphatic hydroxyl groups excluding tert-OH is 1. The third kappa shape index (κ3) is 3.18. The van der Waals surface area contributed by atoms with Crippen LogP contribution in [0.1, 0.15) is 22.8 Å². The van der Waals surface area contributed by atoms with Crippen LogP contribution in [-0.2, 0) is 6.42 Å². The first-order valence-electron chi connectivity index (χ1n) is 5.75. The molecule has 1 atom stereocenters. The van der Waals surface area contributed by atoms with E-state index in [1.165, 1.54) is 6.07 Å². The molecule has 0 saturated heterocycles. The van der Waals surface area contributed by atoms with Gasteiger partial charge in [0.15, 0.2) is 0 Å². The van der Waals surface area contributed by atoms with E-state index in [-0.39, 0.29) is 5.82 Å². The highest BCUT2D eigenvalue weighted by atomic mass is 79.9. The molecular weight excluding hydrogens is 295 g/mol. The van der Waals surface area contributed by atoms with Crippen LogP contribution in [0.15, 0.2) is 46.9 Å². The fourth-order valence-electron chi connectivity index (χ4n) is 1.88. The number of hydrogen-bond donors (Lipinski definition) is 1. The third-order valence-corrected chi connectivity index (χ3v) is 3.38. The standard InChI is InChI=1S/C15H14BrFO/c1-10-7-12(5-6-14(10)17)15(18)9-11-3-2-4-13(16)8-11/h2-8,15,18H,9H2,1H3. The zero-order valence-corrected chi connectivity index (χ0v) is 11.6. The number of aryl methyl sites for hydroxylation is 1. The third-order valence-electron chi connectivity index (χ3n) is 2.88. The number of aliphatic hydroxyl groups is 1. The van der Waals surface area contributed by atoms with Crippen molar-refractivity contribution >= 4 is 15.9 Å². The number of hydrogen-bond acceptors (Lipinski definition) is 1. The molecule has 1 unspecified atom stereocenters. The fraction of sp³-hybridized carbons (Fsp3) is 0.200. The summed E-state index contributed by atoms with van der Waals surface area (Å²) in [5, 5.41) is 10.1. The summed E-state index contributed by atoms with van der Waals surface area (Å²) in [6.07, 6.45) is -0.0940. The van der Waals surface area contributed by atoms with Gasteiger partial charge in [-0.05, 0) is 41.8 Å². The van der Waals surface area contributed by atoms with Crippen molar-refractivity contribution in [1.29, 1.82) is 0 Å². The zero-order valence-electron chi connectivity index (χ0n) is 10.0. The molecule has 2 rings (SSSR count). The molecule has 0 spiro atoms. The Labute approximate surface area is 114 Å². The minimum absolute atomic E-state index is 0.242. The van der Waals surface area contributed by atoms with Crippen LogP contribution in [0.2, 0.25) is 0 Å². The molecule has 0 radical (unpaired) electrons. The van der Waals surface area contributed by atoms with Crippen molar-refractivity contribution in [3.8, 4) is 0 Å². The predicted molar refractivity (Wildman–Crippen MR) is 73.9 cm³/mol. The van der Waals surface area contributed by atoms with E-state index < -0.39 is 6.10 Å². The summed E-state index contributed by atoms with van der Waals surface area (Å²) >= 11 is 3.40. The highest BCUT2D eigenvalue weighted by molar-refractivity contribution is 9.10. The molecule has 2 aromatic carbocycles. The van der Waals surface area contributed by atoms with Gasteiger partial charge in [0.2, 0.25) is 0 Å². The molecule has 3 heteroatoms. The molecule has 18 heavy (non-hydrogen) atoms. The van der Waals surface area contributed by atoms with E-state index >= 15 is 0 Å². The molecule has 0 fully saturated rings. The Morgan fingerprint density at radius 2 is 2.00 bits per heavy atom. The van der Waals surface area contributed by atoms with Gasteiger partial charge in [-0.15, -0.1) is 0 Å². The Morgan fingerprint density at radius 1 is 1.22 bits per heavy atom. The van der Waals surface area contributed by atoms with E-state index in [0.29, 0.717) is 12.0 Å². The predicted octanol–water partition coefficient (Wildman–Crippen LogP) is 4.17. The first-order chi connectivity index (χ1) is 8.56. The van der Waals surface area contributed by atoms with Crippen LogP contribution in [0.3, 0.4) is 0 Å². The van der Waals surface area contributed by atoms with Gasteiger partial charge >= 0.3 is 0 Å². The van der Waals surface area contributed by atoms with E-state index in [9.17, 15) is 9.50 Å². The van der Waals surface area contributed by atoms with Gasteiger partial charge in [0.25, 0.3) is 0 Å². The second-order valence-electron chi connectivity index (χ2n) is 4.36. The van der Waals surface area contributed by atoms with Gasteiger partial charge in [-0.1, -0.05) is 40.2 Å². The van der Waals surface area contributed by atoms with Crippen molar-refractivity contribution in [3.63, 3.8) is 0 Å². The Kier molecular flexibility index (Phi) is 4.15. The normalized spacial score (nSPS) is 12.4. The molecule has 0 heterocycles. The summed E-state index contributed by atoms with van der Waals surface area (Å²) in [6, 6.07) is 12.5. The van der Waals surface area contributed by atoms with E-state index in [1.54, 1.807) is 19.1 Å². The Hall–Kier alpha value is -1.19. The number of rotatable bonds is 3. The second-order valence-corrected chi connectivity index (χ2v) is 5.27. The molecule has 0 aliphatic rings. The molecule has 94 valence electrons. The van der Waals surface area contributed by atoms with Crippen LogP contribution in [0.25, 0.3) is 0 Å². The van der Waals surface area contributed by atoms with E-state index in [4.69, 9.17) is 0 Å². The average Bonchev–Trinajstić information content (AvgIpc) is 2.32. The van der Waals surface area contributed by atoms with Crippen LogP contribution in [-0.4, -0.2) is 5.11 Å². The van der Waals surface area contributed by atoms with E-state index in [1.807, 2.05) is 24.3 Å². The summed E-state index contributed by atoms with van der Waals surface area (Å²) in [6.45, 7) is 1.70. The van der Waals surface area contributed by atoms with E-state index in [2.05, 4.69) is 15.9 Å². The summed E-state index contributed by atoms with van der Waals surface area (Å²) in [5.74, 6) is -0.242. The van der Waals surface area contributed by atoms with Crippen LogP contribution in [0, 0.1) is 12.7 Å². The smallest absolute Gasteiger partial charge is 0.126 e. The molecule has 1 N–H and O–H groups in total. The van der Waals surface area contributed by atoms with Crippen LogP contribution in [0.5, 0.6) is 0 Å². The highest BCUT2D eigenvalue weighted by Gasteiger charge is 2.10. The molecule has 1 nitrogen and oxygen atoms in total. The Bertz CT molecular complexity index is 554. The van der Waals surface area contributed by atoms with Gasteiger partial charge < -0.3 is 5.11 Å². The second kappa shape index (κ2) is 5.63. The molecular formula is C15H14BrFO. The van der Waals surface area contributed by atoms with Crippen molar-refractivity contribution in [2.45, 2.75) is 19.4 Å². The van der Waals surface area contributed by atoms with Crippen molar-refractivity contribution in [2.24, 2.45) is 0 Å². The van der Waals surface area contributed by atoms with Crippen molar-refractivity contribution in [3.05, 3.63) is 69.4 Å². The van der Waals surface area contributed by atoms with Crippen molar-refractivity contribution < 1.29 is 9.50 Å². The summed E-state index contributed by atoms with van der Waals surface area (Å²) in [5.41, 5.74) is 2.34. The largest absolute Gasteiger partial charge is 0.388 e. The fourth-order valence-corrected chi connectivity index (χ4v) is 2.33. The number of halogens is 2. The Balaban J connectivity index is 2.16. The molecule has 0 amide bonds. The summed E-state index contributed by atoms with van der Waals surface area (Å²) in [4.78, 5) is 0. The molecule has 0 aliphatic heterocycles. The minimum Gasteiger partial charge on any atom is -0.388 e. The first kappa shape index (κ1) is 13.2. The summed E-state index contributed by atoms with van der Waals surface area (Å²) in [7, 11) is 0. The quantitative estimate of drug-likeness (QED) is 0.902. The van der Waals surface area contributed by atoms with Crippen molar-refractivity contribution in [1.82, 2.24) is 0 Å². The lowest BCUT2D eigenvalue weighted by Gasteiger charge is -2.12. The SMILES string of the molecule is Cc1cc(C(O)Cc2cccc(Br)c2)ccc1F. The van der Waals surface area contributed by atoms with Crippen molar-refractivity contribution in [2.75, 3.05) is 0 Å². The Morgan fingerprint density at radius 3 is 2.67 bits per heavy atom. The minimum atomic E-state index is -0.612. The van der Waals surface area contributed by atoms with Gasteiger partial charge in [0, 0.05) is 10.9 Å². The highest BCUT2D eigenvalue weighted by Crippen LogP contribution is 2.22. The maximum atomic E-state index is 13.2. The average molecular weight is 309 g/mol. The van der Waals surface area contributed by atoms with Crippen LogP contribution >= 0.6 is 15.9 Å². The van der Waals surface area contributed by atoms with Crippen LogP contribution in [0.4, 0.5) is 4.39 Å². The van der Waals surface area contributed by atoms with Gasteiger partial charge in [-0.3, -0.25) is 0 Å². The molecule has 2 aromatic rings. The van der Waals surface area contributed by atoms with Gasteiger partial charge in [0.1, 0.15) is 5.82 Å². The van der Waals surface area contributed by atoms with E-state index in [0.717, 1.165) is 15.6 Å².